The quantitative estimate of drug-likeness (QED) is 0.429. The minimum Gasteiger partial charge on any atom is -0.359 e. The van der Waals surface area contributed by atoms with Crippen molar-refractivity contribution in [2.45, 2.75) is 77.7 Å². The highest BCUT2D eigenvalue weighted by Gasteiger charge is 2.01. The molecule has 122 valence electrons. The number of amides is 2. The van der Waals surface area contributed by atoms with Gasteiger partial charge >= 0.3 is 0 Å². The summed E-state index contributed by atoms with van der Waals surface area (Å²) >= 11 is 0. The van der Waals surface area contributed by atoms with Crippen LogP contribution >= 0.6 is 0 Å². The molecule has 0 rings (SSSR count). The SMILES string of the molecule is CCC(/C=C/CCCCCCCCC(=O)NC)NC(C)=O. The monoisotopic (exact) mass is 296 g/mol. The Hall–Kier alpha value is -1.32. The maximum Gasteiger partial charge on any atom is 0.219 e. The lowest BCUT2D eigenvalue weighted by molar-refractivity contribution is -0.121. The molecule has 0 spiro atoms. The van der Waals surface area contributed by atoms with E-state index in [4.69, 9.17) is 0 Å². The van der Waals surface area contributed by atoms with E-state index < -0.39 is 0 Å². The molecule has 0 saturated heterocycles. The van der Waals surface area contributed by atoms with Gasteiger partial charge in [-0.3, -0.25) is 9.59 Å². The van der Waals surface area contributed by atoms with Crippen LogP contribution in [0.1, 0.15) is 71.6 Å². The Morgan fingerprint density at radius 3 is 2.24 bits per heavy atom. The van der Waals surface area contributed by atoms with Crippen molar-refractivity contribution < 1.29 is 9.59 Å². The van der Waals surface area contributed by atoms with Gasteiger partial charge in [-0.25, -0.2) is 0 Å². The van der Waals surface area contributed by atoms with Crippen molar-refractivity contribution >= 4 is 11.8 Å². The van der Waals surface area contributed by atoms with Gasteiger partial charge in [0, 0.05) is 26.4 Å². The third kappa shape index (κ3) is 13.4. The maximum atomic E-state index is 11.0. The fourth-order valence-corrected chi connectivity index (χ4v) is 2.19. The van der Waals surface area contributed by atoms with Crippen LogP contribution in [-0.2, 0) is 9.59 Å². The van der Waals surface area contributed by atoms with Gasteiger partial charge in [-0.2, -0.15) is 0 Å². The molecule has 0 bridgehead atoms. The van der Waals surface area contributed by atoms with Gasteiger partial charge < -0.3 is 10.6 Å². The van der Waals surface area contributed by atoms with Crippen molar-refractivity contribution in [1.82, 2.24) is 10.6 Å². The highest BCUT2D eigenvalue weighted by Crippen LogP contribution is 2.09. The molecule has 0 heterocycles. The van der Waals surface area contributed by atoms with E-state index in [1.807, 2.05) is 0 Å². The van der Waals surface area contributed by atoms with E-state index in [1.165, 1.54) is 25.7 Å². The third-order valence-corrected chi connectivity index (χ3v) is 3.50. The number of rotatable bonds is 12. The van der Waals surface area contributed by atoms with E-state index in [9.17, 15) is 9.59 Å². The molecular formula is C17H32N2O2. The van der Waals surface area contributed by atoms with Crippen LogP contribution in [0.2, 0.25) is 0 Å². The van der Waals surface area contributed by atoms with Crippen molar-refractivity contribution in [2.75, 3.05) is 7.05 Å². The van der Waals surface area contributed by atoms with E-state index in [-0.39, 0.29) is 17.9 Å². The lowest BCUT2D eigenvalue weighted by Crippen LogP contribution is -2.30. The highest BCUT2D eigenvalue weighted by molar-refractivity contribution is 5.75. The van der Waals surface area contributed by atoms with Crippen LogP contribution in [0, 0.1) is 0 Å². The summed E-state index contributed by atoms with van der Waals surface area (Å²) in [4.78, 5) is 22.0. The van der Waals surface area contributed by atoms with E-state index in [0.29, 0.717) is 6.42 Å². The van der Waals surface area contributed by atoms with Crippen LogP contribution in [0.25, 0.3) is 0 Å². The molecule has 4 nitrogen and oxygen atoms in total. The highest BCUT2D eigenvalue weighted by atomic mass is 16.2. The Morgan fingerprint density at radius 2 is 1.67 bits per heavy atom. The number of nitrogens with one attached hydrogen (secondary N) is 2. The lowest BCUT2D eigenvalue weighted by Gasteiger charge is -2.10. The Labute approximate surface area is 129 Å². The van der Waals surface area contributed by atoms with Crippen LogP contribution in [-0.4, -0.2) is 24.9 Å². The molecule has 1 atom stereocenters. The minimum atomic E-state index is 0.0308. The summed E-state index contributed by atoms with van der Waals surface area (Å²) in [7, 11) is 1.69. The van der Waals surface area contributed by atoms with Gasteiger partial charge in [0.1, 0.15) is 0 Å². The van der Waals surface area contributed by atoms with Crippen LogP contribution in [0.3, 0.4) is 0 Å². The number of unbranched alkanes of at least 4 members (excludes halogenated alkanes) is 6. The minimum absolute atomic E-state index is 0.0308. The summed E-state index contributed by atoms with van der Waals surface area (Å²) in [6.07, 6.45) is 14.0. The van der Waals surface area contributed by atoms with Gasteiger partial charge in [-0.15, -0.1) is 0 Å². The Morgan fingerprint density at radius 1 is 1.05 bits per heavy atom. The summed E-state index contributed by atoms with van der Waals surface area (Å²) in [6, 6.07) is 0.173. The van der Waals surface area contributed by atoms with Gasteiger partial charge in [-0.05, 0) is 25.7 Å². The molecule has 0 fully saturated rings. The average molecular weight is 296 g/mol. The molecule has 0 aromatic carbocycles. The number of hydrogen-bond acceptors (Lipinski definition) is 2. The van der Waals surface area contributed by atoms with Crippen molar-refractivity contribution in [3.8, 4) is 0 Å². The molecule has 0 aliphatic carbocycles. The van der Waals surface area contributed by atoms with E-state index in [1.54, 1.807) is 14.0 Å². The van der Waals surface area contributed by atoms with Gasteiger partial charge in [0.25, 0.3) is 0 Å². The Kier molecular flexibility index (Phi) is 12.8. The molecule has 21 heavy (non-hydrogen) atoms. The summed E-state index contributed by atoms with van der Waals surface area (Å²) in [5.74, 6) is 0.174. The fourth-order valence-electron chi connectivity index (χ4n) is 2.19. The zero-order valence-electron chi connectivity index (χ0n) is 13.9. The van der Waals surface area contributed by atoms with Gasteiger partial charge in [0.2, 0.25) is 11.8 Å². The predicted molar refractivity (Wildman–Crippen MR) is 88.0 cm³/mol. The lowest BCUT2D eigenvalue weighted by atomic mass is 10.1. The summed E-state index contributed by atoms with van der Waals surface area (Å²) in [5.41, 5.74) is 0. The average Bonchev–Trinajstić information content (AvgIpc) is 2.47. The smallest absolute Gasteiger partial charge is 0.219 e. The molecule has 2 N–H and O–H groups in total. The standard InChI is InChI=1S/C17H32N2O2/c1-4-16(19-15(2)20)13-11-9-7-5-6-8-10-12-14-17(21)18-3/h11,13,16H,4-10,12,14H2,1-3H3,(H,18,21)(H,19,20)/b13-11+. The van der Waals surface area contributed by atoms with Crippen LogP contribution in [0.5, 0.6) is 0 Å². The van der Waals surface area contributed by atoms with Crippen molar-refractivity contribution in [3.05, 3.63) is 12.2 Å². The second-order valence-electron chi connectivity index (χ2n) is 5.48. The van der Waals surface area contributed by atoms with Crippen LogP contribution in [0.4, 0.5) is 0 Å². The van der Waals surface area contributed by atoms with Crippen molar-refractivity contribution in [1.29, 1.82) is 0 Å². The second-order valence-corrected chi connectivity index (χ2v) is 5.48. The molecule has 0 aliphatic heterocycles. The maximum absolute atomic E-state index is 11.0. The van der Waals surface area contributed by atoms with Crippen LogP contribution < -0.4 is 10.6 Å². The fraction of sp³-hybridized carbons (Fsp3) is 0.765. The molecule has 4 heteroatoms. The predicted octanol–water partition coefficient (Wildman–Crippen LogP) is 3.32. The molecular weight excluding hydrogens is 264 g/mol. The summed E-state index contributed by atoms with van der Waals surface area (Å²) < 4.78 is 0. The third-order valence-electron chi connectivity index (χ3n) is 3.50. The first kappa shape index (κ1) is 19.7. The first-order valence-corrected chi connectivity index (χ1v) is 8.24. The molecule has 1 unspecified atom stereocenters. The topological polar surface area (TPSA) is 58.2 Å². The van der Waals surface area contributed by atoms with E-state index in [0.717, 1.165) is 25.7 Å². The zero-order valence-corrected chi connectivity index (χ0v) is 13.9. The Bertz CT molecular complexity index is 314. The first-order valence-electron chi connectivity index (χ1n) is 8.24. The van der Waals surface area contributed by atoms with Crippen molar-refractivity contribution in [2.24, 2.45) is 0 Å². The number of hydrogen-bond donors (Lipinski definition) is 2. The summed E-state index contributed by atoms with van der Waals surface area (Å²) in [5, 5.41) is 5.55. The van der Waals surface area contributed by atoms with E-state index in [2.05, 4.69) is 29.7 Å². The number of carbonyl (C=O) groups excluding carboxylic acids is 2. The van der Waals surface area contributed by atoms with Gasteiger partial charge in [0.05, 0.1) is 0 Å². The van der Waals surface area contributed by atoms with E-state index >= 15 is 0 Å². The summed E-state index contributed by atoms with van der Waals surface area (Å²) in [6.45, 7) is 3.63. The molecule has 0 aliphatic rings. The first-order chi connectivity index (χ1) is 10.1. The van der Waals surface area contributed by atoms with Crippen molar-refractivity contribution in [3.63, 3.8) is 0 Å². The second kappa shape index (κ2) is 13.7. The van der Waals surface area contributed by atoms with Gasteiger partial charge in [0.15, 0.2) is 0 Å². The number of allylic oxidation sites excluding steroid dienone is 1. The Balaban J connectivity index is 3.42. The molecule has 0 aromatic heterocycles. The zero-order chi connectivity index (χ0) is 15.9. The number of carbonyl (C=O) groups is 2. The molecule has 0 radical (unpaired) electrons. The molecule has 2 amide bonds. The normalized spacial score (nSPS) is 12.3. The largest absolute Gasteiger partial charge is 0.359 e. The van der Waals surface area contributed by atoms with Gasteiger partial charge in [-0.1, -0.05) is 44.8 Å². The van der Waals surface area contributed by atoms with Crippen LogP contribution in [0.15, 0.2) is 12.2 Å². The molecule has 0 saturated carbocycles. The molecule has 0 aromatic rings.